The van der Waals surface area contributed by atoms with E-state index >= 15 is 0 Å². The Balaban J connectivity index is 1.65. The highest BCUT2D eigenvalue weighted by Crippen LogP contribution is 2.14. The van der Waals surface area contributed by atoms with Crippen LogP contribution in [0.3, 0.4) is 0 Å². The zero-order valence-corrected chi connectivity index (χ0v) is 11.1. The molecule has 2 aromatic heterocycles. The second-order valence-corrected chi connectivity index (χ2v) is 4.69. The normalized spacial score (nSPS) is 20.1. The first-order chi connectivity index (χ1) is 9.85. The molecule has 7 heteroatoms. The number of rotatable bonds is 4. The first kappa shape index (κ1) is 13.2. The Kier molecular flexibility index (Phi) is 4.00. The van der Waals surface area contributed by atoms with Crippen LogP contribution in [0.15, 0.2) is 28.9 Å². The fraction of sp³-hybridized carbons (Fsp3) is 0.462. The van der Waals surface area contributed by atoms with Crippen LogP contribution in [0.1, 0.15) is 5.89 Å². The Labute approximate surface area is 116 Å². The molecule has 3 rings (SSSR count). The number of morpholine rings is 1. The molecule has 1 unspecified atom stereocenters. The largest absolute Gasteiger partial charge is 0.374 e. The molecular formula is C13H17N5O2. The molecule has 20 heavy (non-hydrogen) atoms. The molecule has 1 fully saturated rings. The summed E-state index contributed by atoms with van der Waals surface area (Å²) >= 11 is 0. The Morgan fingerprint density at radius 3 is 3.15 bits per heavy atom. The third-order valence-electron chi connectivity index (χ3n) is 3.21. The van der Waals surface area contributed by atoms with Gasteiger partial charge in [0.15, 0.2) is 0 Å². The van der Waals surface area contributed by atoms with Gasteiger partial charge in [-0.1, -0.05) is 11.2 Å². The zero-order chi connectivity index (χ0) is 13.8. The lowest BCUT2D eigenvalue weighted by Gasteiger charge is -2.31. The van der Waals surface area contributed by atoms with Crippen LogP contribution in [-0.4, -0.2) is 52.4 Å². The molecule has 0 radical (unpaired) electrons. The first-order valence-electron chi connectivity index (χ1n) is 6.63. The van der Waals surface area contributed by atoms with Gasteiger partial charge < -0.3 is 15.0 Å². The van der Waals surface area contributed by atoms with Crippen molar-refractivity contribution >= 4 is 0 Å². The van der Waals surface area contributed by atoms with Crippen molar-refractivity contribution in [3.8, 4) is 11.5 Å². The smallest absolute Gasteiger partial charge is 0.241 e. The molecular weight excluding hydrogens is 258 g/mol. The third kappa shape index (κ3) is 3.01. The van der Waals surface area contributed by atoms with Gasteiger partial charge in [-0.3, -0.25) is 9.88 Å². The molecule has 106 valence electrons. The summed E-state index contributed by atoms with van der Waals surface area (Å²) in [4.78, 5) is 10.8. The van der Waals surface area contributed by atoms with Crippen molar-refractivity contribution in [2.24, 2.45) is 5.73 Å². The van der Waals surface area contributed by atoms with E-state index in [9.17, 15) is 0 Å². The van der Waals surface area contributed by atoms with Gasteiger partial charge in [-0.2, -0.15) is 4.98 Å². The van der Waals surface area contributed by atoms with E-state index in [0.717, 1.165) is 13.1 Å². The molecule has 0 spiro atoms. The molecule has 0 aliphatic carbocycles. The zero-order valence-electron chi connectivity index (χ0n) is 11.1. The second kappa shape index (κ2) is 6.08. The van der Waals surface area contributed by atoms with Crippen LogP contribution in [-0.2, 0) is 11.3 Å². The lowest BCUT2D eigenvalue weighted by molar-refractivity contribution is -0.0288. The monoisotopic (exact) mass is 275 g/mol. The fourth-order valence-corrected chi connectivity index (χ4v) is 2.18. The molecule has 1 aliphatic heterocycles. The van der Waals surface area contributed by atoms with Crippen molar-refractivity contribution < 1.29 is 9.26 Å². The van der Waals surface area contributed by atoms with Crippen LogP contribution in [0.25, 0.3) is 11.5 Å². The van der Waals surface area contributed by atoms with Gasteiger partial charge in [0.2, 0.25) is 11.7 Å². The highest BCUT2D eigenvalue weighted by Gasteiger charge is 2.21. The van der Waals surface area contributed by atoms with E-state index in [1.54, 1.807) is 6.20 Å². The number of nitrogens with two attached hydrogens (primary N) is 1. The van der Waals surface area contributed by atoms with Gasteiger partial charge in [0, 0.05) is 25.8 Å². The molecule has 0 bridgehead atoms. The standard InChI is InChI=1S/C13H17N5O2/c14-7-10-8-18(5-6-19-10)9-12-16-13(17-20-12)11-3-1-2-4-15-11/h1-4,10H,5-9,14H2. The highest BCUT2D eigenvalue weighted by atomic mass is 16.5. The SMILES string of the molecule is NCC1CN(Cc2nc(-c3ccccn3)no2)CCO1. The minimum atomic E-state index is 0.0851. The van der Waals surface area contributed by atoms with E-state index < -0.39 is 0 Å². The number of hydrogen-bond donors (Lipinski definition) is 1. The van der Waals surface area contributed by atoms with Gasteiger partial charge >= 0.3 is 0 Å². The van der Waals surface area contributed by atoms with E-state index in [0.29, 0.717) is 37.1 Å². The van der Waals surface area contributed by atoms with Crippen LogP contribution in [0, 0.1) is 0 Å². The first-order valence-corrected chi connectivity index (χ1v) is 6.63. The summed E-state index contributed by atoms with van der Waals surface area (Å²) in [5.74, 6) is 1.10. The number of ether oxygens (including phenoxy) is 1. The molecule has 2 aromatic rings. The molecule has 2 N–H and O–H groups in total. The van der Waals surface area contributed by atoms with Crippen LogP contribution >= 0.6 is 0 Å². The maximum absolute atomic E-state index is 5.63. The maximum atomic E-state index is 5.63. The number of nitrogens with zero attached hydrogens (tertiary/aromatic N) is 4. The topological polar surface area (TPSA) is 90.3 Å². The molecule has 0 amide bonds. The van der Waals surface area contributed by atoms with E-state index in [4.69, 9.17) is 15.0 Å². The summed E-state index contributed by atoms with van der Waals surface area (Å²) < 4.78 is 10.8. The van der Waals surface area contributed by atoms with Crippen LogP contribution in [0.5, 0.6) is 0 Å². The van der Waals surface area contributed by atoms with Gasteiger partial charge in [-0.05, 0) is 12.1 Å². The summed E-state index contributed by atoms with van der Waals surface area (Å²) in [7, 11) is 0. The molecule has 1 atom stereocenters. The van der Waals surface area contributed by atoms with Crippen molar-refractivity contribution in [3.63, 3.8) is 0 Å². The summed E-state index contributed by atoms with van der Waals surface area (Å²) in [6, 6.07) is 5.60. The Hall–Kier alpha value is -1.83. The minimum absolute atomic E-state index is 0.0851. The van der Waals surface area contributed by atoms with Gasteiger partial charge in [-0.15, -0.1) is 0 Å². The predicted octanol–water partition coefficient (Wildman–Crippen LogP) is 0.291. The van der Waals surface area contributed by atoms with Crippen LogP contribution in [0.2, 0.25) is 0 Å². The summed E-state index contributed by atoms with van der Waals surface area (Å²) in [6.45, 7) is 3.46. The van der Waals surface area contributed by atoms with E-state index in [2.05, 4.69) is 20.0 Å². The Bertz CT molecular complexity index is 545. The predicted molar refractivity (Wildman–Crippen MR) is 71.6 cm³/mol. The number of pyridine rings is 1. The van der Waals surface area contributed by atoms with Gasteiger partial charge in [0.25, 0.3) is 0 Å². The average molecular weight is 275 g/mol. The van der Waals surface area contributed by atoms with Crippen molar-refractivity contribution in [1.29, 1.82) is 0 Å². The van der Waals surface area contributed by atoms with Gasteiger partial charge in [0.05, 0.1) is 19.3 Å². The summed E-state index contributed by atoms with van der Waals surface area (Å²) in [6.07, 6.45) is 1.79. The van der Waals surface area contributed by atoms with Gasteiger partial charge in [-0.25, -0.2) is 0 Å². The quantitative estimate of drug-likeness (QED) is 0.857. The molecule has 7 nitrogen and oxygen atoms in total. The maximum Gasteiger partial charge on any atom is 0.241 e. The van der Waals surface area contributed by atoms with Crippen molar-refractivity contribution in [3.05, 3.63) is 30.3 Å². The van der Waals surface area contributed by atoms with Crippen molar-refractivity contribution in [1.82, 2.24) is 20.0 Å². The lowest BCUT2D eigenvalue weighted by atomic mass is 10.2. The molecule has 0 aromatic carbocycles. The molecule has 0 saturated carbocycles. The summed E-state index contributed by atoms with van der Waals surface area (Å²) in [5, 5.41) is 3.96. The van der Waals surface area contributed by atoms with E-state index in [1.807, 2.05) is 18.2 Å². The van der Waals surface area contributed by atoms with Crippen LogP contribution < -0.4 is 5.73 Å². The molecule has 3 heterocycles. The number of hydrogen-bond acceptors (Lipinski definition) is 7. The van der Waals surface area contributed by atoms with Crippen molar-refractivity contribution in [2.75, 3.05) is 26.2 Å². The van der Waals surface area contributed by atoms with Crippen molar-refractivity contribution in [2.45, 2.75) is 12.6 Å². The van der Waals surface area contributed by atoms with Gasteiger partial charge in [0.1, 0.15) is 5.69 Å². The fourth-order valence-electron chi connectivity index (χ4n) is 2.18. The molecule has 1 aliphatic rings. The second-order valence-electron chi connectivity index (χ2n) is 4.69. The van der Waals surface area contributed by atoms with Crippen LogP contribution in [0.4, 0.5) is 0 Å². The van der Waals surface area contributed by atoms with E-state index in [-0.39, 0.29) is 6.10 Å². The number of aromatic nitrogens is 3. The Morgan fingerprint density at radius 2 is 2.35 bits per heavy atom. The highest BCUT2D eigenvalue weighted by molar-refractivity contribution is 5.46. The van der Waals surface area contributed by atoms with E-state index in [1.165, 1.54) is 0 Å². The average Bonchev–Trinajstić information content (AvgIpc) is 2.97. The summed E-state index contributed by atoms with van der Waals surface area (Å²) in [5.41, 5.74) is 6.34. The Morgan fingerprint density at radius 1 is 1.40 bits per heavy atom. The molecule has 1 saturated heterocycles. The minimum Gasteiger partial charge on any atom is -0.374 e. The third-order valence-corrected chi connectivity index (χ3v) is 3.21. The lowest BCUT2D eigenvalue weighted by Crippen LogP contribution is -2.45.